The highest BCUT2D eigenvalue weighted by atomic mass is 79.9. The van der Waals surface area contributed by atoms with Gasteiger partial charge in [-0.15, -0.1) is 0 Å². The number of carbonyl (C=O) groups excluding carboxylic acids is 1. The second-order valence-corrected chi connectivity index (χ2v) is 7.52. The first-order valence-corrected chi connectivity index (χ1v) is 8.91. The van der Waals surface area contributed by atoms with Gasteiger partial charge in [-0.1, -0.05) is 27.5 Å². The van der Waals surface area contributed by atoms with Crippen molar-refractivity contribution in [1.82, 2.24) is 5.32 Å². The fourth-order valence-corrected chi connectivity index (χ4v) is 3.83. The standard InChI is InChI=1S/C12H14BrClN2O4S/c13-7-4-9(11(14)10(5-7)21(15,18)19)12(17)16-8-2-1-3-20-6-8/h4-5,8H,1-3,6H2,(H,16,17)(H2,15,18,19). The van der Waals surface area contributed by atoms with Gasteiger partial charge in [0.05, 0.1) is 23.2 Å². The average Bonchev–Trinajstić information content (AvgIpc) is 2.40. The van der Waals surface area contributed by atoms with Gasteiger partial charge in [-0.05, 0) is 25.0 Å². The number of rotatable bonds is 3. The van der Waals surface area contributed by atoms with Crippen LogP contribution in [0.2, 0.25) is 5.02 Å². The van der Waals surface area contributed by atoms with E-state index in [1.54, 1.807) is 0 Å². The van der Waals surface area contributed by atoms with E-state index in [1.807, 2.05) is 0 Å². The third kappa shape index (κ3) is 4.17. The Kier molecular flexibility index (Phi) is 5.26. The summed E-state index contributed by atoms with van der Waals surface area (Å²) < 4.78 is 28.7. The Labute approximate surface area is 136 Å². The molecule has 1 heterocycles. The molecular weight excluding hydrogens is 384 g/mol. The molecule has 1 fully saturated rings. The summed E-state index contributed by atoms with van der Waals surface area (Å²) in [7, 11) is -4.01. The van der Waals surface area contributed by atoms with Crippen molar-refractivity contribution in [2.24, 2.45) is 5.14 Å². The number of hydrogen-bond donors (Lipinski definition) is 2. The maximum Gasteiger partial charge on any atom is 0.253 e. The number of nitrogens with two attached hydrogens (primary N) is 1. The van der Waals surface area contributed by atoms with Gasteiger partial charge in [0.1, 0.15) is 4.90 Å². The summed E-state index contributed by atoms with van der Waals surface area (Å²) in [4.78, 5) is 12.0. The van der Waals surface area contributed by atoms with E-state index in [2.05, 4.69) is 21.2 Å². The van der Waals surface area contributed by atoms with Gasteiger partial charge in [0.15, 0.2) is 0 Å². The first-order chi connectivity index (χ1) is 9.79. The van der Waals surface area contributed by atoms with Gasteiger partial charge in [-0.25, -0.2) is 13.6 Å². The molecule has 0 spiro atoms. The number of sulfonamides is 1. The highest BCUT2D eigenvalue weighted by Gasteiger charge is 2.23. The molecule has 0 saturated carbocycles. The fourth-order valence-electron chi connectivity index (χ4n) is 2.05. The van der Waals surface area contributed by atoms with E-state index in [9.17, 15) is 13.2 Å². The first kappa shape index (κ1) is 16.7. The molecule has 116 valence electrons. The summed E-state index contributed by atoms with van der Waals surface area (Å²) >= 11 is 9.16. The minimum absolute atomic E-state index is 0.0561. The van der Waals surface area contributed by atoms with Crippen LogP contribution in [-0.4, -0.2) is 33.6 Å². The smallest absolute Gasteiger partial charge is 0.253 e. The molecule has 2 rings (SSSR count). The Hall–Kier alpha value is -0.670. The van der Waals surface area contributed by atoms with E-state index in [-0.39, 0.29) is 21.5 Å². The Bertz CT molecular complexity index is 659. The Morgan fingerprint density at radius 2 is 2.19 bits per heavy atom. The van der Waals surface area contributed by atoms with Crippen LogP contribution < -0.4 is 10.5 Å². The maximum atomic E-state index is 12.3. The monoisotopic (exact) mass is 396 g/mol. The molecule has 21 heavy (non-hydrogen) atoms. The highest BCUT2D eigenvalue weighted by Crippen LogP contribution is 2.29. The third-order valence-corrected chi connectivity index (χ3v) is 4.96. The van der Waals surface area contributed by atoms with Crippen molar-refractivity contribution in [3.05, 3.63) is 27.2 Å². The molecule has 6 nitrogen and oxygen atoms in total. The number of amides is 1. The van der Waals surface area contributed by atoms with E-state index in [4.69, 9.17) is 21.5 Å². The normalized spacial score (nSPS) is 19.3. The van der Waals surface area contributed by atoms with Crippen molar-refractivity contribution < 1.29 is 17.9 Å². The van der Waals surface area contributed by atoms with E-state index in [0.29, 0.717) is 17.7 Å². The summed E-state index contributed by atoms with van der Waals surface area (Å²) in [6.45, 7) is 1.11. The number of benzene rings is 1. The van der Waals surface area contributed by atoms with Crippen LogP contribution in [-0.2, 0) is 14.8 Å². The second-order valence-electron chi connectivity index (χ2n) is 4.70. The van der Waals surface area contributed by atoms with Crippen LogP contribution in [0.25, 0.3) is 0 Å². The lowest BCUT2D eigenvalue weighted by Crippen LogP contribution is -2.40. The van der Waals surface area contributed by atoms with E-state index >= 15 is 0 Å². The predicted octanol–water partition coefficient (Wildman–Crippen LogP) is 1.66. The van der Waals surface area contributed by atoms with Crippen molar-refractivity contribution >= 4 is 43.5 Å². The minimum Gasteiger partial charge on any atom is -0.379 e. The Morgan fingerprint density at radius 1 is 1.48 bits per heavy atom. The number of nitrogens with one attached hydrogen (secondary N) is 1. The highest BCUT2D eigenvalue weighted by molar-refractivity contribution is 9.10. The fraction of sp³-hybridized carbons (Fsp3) is 0.417. The molecule has 1 aromatic carbocycles. The van der Waals surface area contributed by atoms with Crippen LogP contribution in [0.3, 0.4) is 0 Å². The lowest BCUT2D eigenvalue weighted by atomic mass is 10.1. The molecule has 0 aliphatic carbocycles. The number of hydrogen-bond acceptors (Lipinski definition) is 4. The molecule has 0 aromatic heterocycles. The Balaban J connectivity index is 2.30. The van der Waals surface area contributed by atoms with Crippen molar-refractivity contribution in [3.8, 4) is 0 Å². The molecule has 1 aromatic rings. The van der Waals surface area contributed by atoms with E-state index in [1.165, 1.54) is 12.1 Å². The van der Waals surface area contributed by atoms with Gasteiger partial charge in [-0.2, -0.15) is 0 Å². The number of carbonyl (C=O) groups is 1. The van der Waals surface area contributed by atoms with Gasteiger partial charge in [-0.3, -0.25) is 4.79 Å². The molecule has 1 aliphatic heterocycles. The lowest BCUT2D eigenvalue weighted by Gasteiger charge is -2.23. The van der Waals surface area contributed by atoms with Crippen LogP contribution >= 0.6 is 27.5 Å². The van der Waals surface area contributed by atoms with Crippen LogP contribution in [0.15, 0.2) is 21.5 Å². The van der Waals surface area contributed by atoms with Gasteiger partial charge < -0.3 is 10.1 Å². The summed E-state index contributed by atoms with van der Waals surface area (Å²) in [6, 6.07) is 2.60. The van der Waals surface area contributed by atoms with Crippen molar-refractivity contribution in [3.63, 3.8) is 0 Å². The van der Waals surface area contributed by atoms with Crippen LogP contribution in [0.4, 0.5) is 0 Å². The predicted molar refractivity (Wildman–Crippen MR) is 81.8 cm³/mol. The Morgan fingerprint density at radius 3 is 2.76 bits per heavy atom. The first-order valence-electron chi connectivity index (χ1n) is 6.19. The van der Waals surface area contributed by atoms with E-state index in [0.717, 1.165) is 12.8 Å². The molecule has 0 radical (unpaired) electrons. The van der Waals surface area contributed by atoms with Crippen molar-refractivity contribution in [2.75, 3.05) is 13.2 Å². The van der Waals surface area contributed by atoms with Gasteiger partial charge >= 0.3 is 0 Å². The largest absolute Gasteiger partial charge is 0.379 e. The van der Waals surface area contributed by atoms with Crippen molar-refractivity contribution in [2.45, 2.75) is 23.8 Å². The topological polar surface area (TPSA) is 98.5 Å². The van der Waals surface area contributed by atoms with Gasteiger partial charge in [0.2, 0.25) is 10.0 Å². The minimum atomic E-state index is -4.01. The average molecular weight is 398 g/mol. The SMILES string of the molecule is NS(=O)(=O)c1cc(Br)cc(C(=O)NC2CCCOC2)c1Cl. The van der Waals surface area contributed by atoms with Crippen LogP contribution in [0.5, 0.6) is 0 Å². The summed E-state index contributed by atoms with van der Waals surface area (Å²) in [5.41, 5.74) is 0.0561. The molecule has 9 heteroatoms. The lowest BCUT2D eigenvalue weighted by molar-refractivity contribution is 0.0624. The molecule has 3 N–H and O–H groups in total. The van der Waals surface area contributed by atoms with Gasteiger partial charge in [0.25, 0.3) is 5.91 Å². The van der Waals surface area contributed by atoms with Crippen LogP contribution in [0, 0.1) is 0 Å². The maximum absolute atomic E-state index is 12.3. The molecule has 1 atom stereocenters. The zero-order valence-electron chi connectivity index (χ0n) is 10.9. The number of halogens is 2. The number of ether oxygens (including phenoxy) is 1. The number of primary sulfonamides is 1. The van der Waals surface area contributed by atoms with Gasteiger partial charge in [0, 0.05) is 11.1 Å². The summed E-state index contributed by atoms with van der Waals surface area (Å²) in [5, 5.41) is 7.69. The molecule has 1 unspecified atom stereocenters. The van der Waals surface area contributed by atoms with Crippen molar-refractivity contribution in [1.29, 1.82) is 0 Å². The molecule has 0 bridgehead atoms. The quantitative estimate of drug-likeness (QED) is 0.810. The molecule has 1 aliphatic rings. The third-order valence-electron chi connectivity index (χ3n) is 3.05. The van der Waals surface area contributed by atoms with Crippen LogP contribution in [0.1, 0.15) is 23.2 Å². The molecule has 1 saturated heterocycles. The second kappa shape index (κ2) is 6.62. The molecule has 1 amide bonds. The summed E-state index contributed by atoms with van der Waals surface area (Å²) in [5.74, 6) is -0.457. The molecular formula is C12H14BrClN2O4S. The van der Waals surface area contributed by atoms with E-state index < -0.39 is 15.9 Å². The zero-order valence-corrected chi connectivity index (χ0v) is 14.1. The zero-order chi connectivity index (χ0) is 15.6. The summed E-state index contributed by atoms with van der Waals surface area (Å²) in [6.07, 6.45) is 1.67.